The summed E-state index contributed by atoms with van der Waals surface area (Å²) in [6.45, 7) is 11.3. The predicted octanol–water partition coefficient (Wildman–Crippen LogP) is 2.82. The molecule has 0 bridgehead atoms. The van der Waals surface area contributed by atoms with Gasteiger partial charge in [0.25, 0.3) is 0 Å². The zero-order valence-corrected chi connectivity index (χ0v) is 7.68. The van der Waals surface area contributed by atoms with Gasteiger partial charge in [-0.15, -0.1) is 0 Å². The molecule has 0 saturated heterocycles. The molecule has 0 amide bonds. The highest BCUT2D eigenvalue weighted by atomic mass is 17.2. The van der Waals surface area contributed by atoms with Gasteiger partial charge in [-0.2, -0.15) is 4.89 Å². The molecular formula is C9H16O2. The van der Waals surface area contributed by atoms with Crippen molar-refractivity contribution in [1.29, 1.82) is 0 Å². The Bertz CT molecular complexity index is 151. The van der Waals surface area contributed by atoms with Crippen molar-refractivity contribution >= 4 is 0 Å². The standard InChI is InChI=1S/C9H16O2/c1-8(2)6-7-10-11-9(3,4)5/h6-7H,1H2,2-5H3. The maximum absolute atomic E-state index is 4.95. The number of hydrogen-bond donors (Lipinski definition) is 0. The van der Waals surface area contributed by atoms with E-state index in [9.17, 15) is 0 Å². The van der Waals surface area contributed by atoms with Gasteiger partial charge in [-0.05, 0) is 33.8 Å². The van der Waals surface area contributed by atoms with Crippen LogP contribution in [0.3, 0.4) is 0 Å². The number of hydrogen-bond acceptors (Lipinski definition) is 2. The molecule has 0 spiro atoms. The minimum absolute atomic E-state index is 0.264. The van der Waals surface area contributed by atoms with Crippen molar-refractivity contribution in [2.75, 3.05) is 0 Å². The second kappa shape index (κ2) is 4.19. The maximum Gasteiger partial charge on any atom is 0.129 e. The van der Waals surface area contributed by atoms with E-state index in [1.54, 1.807) is 6.08 Å². The molecule has 64 valence electrons. The third kappa shape index (κ3) is 9.24. The van der Waals surface area contributed by atoms with E-state index in [-0.39, 0.29) is 5.60 Å². The van der Waals surface area contributed by atoms with Gasteiger partial charge >= 0.3 is 0 Å². The molecule has 0 aliphatic rings. The van der Waals surface area contributed by atoms with Crippen LogP contribution in [-0.2, 0) is 9.78 Å². The molecule has 0 radical (unpaired) electrons. The quantitative estimate of drug-likeness (QED) is 0.271. The molecule has 0 aromatic rings. The van der Waals surface area contributed by atoms with Crippen molar-refractivity contribution < 1.29 is 9.78 Å². The highest BCUT2D eigenvalue weighted by Crippen LogP contribution is 2.07. The normalized spacial score (nSPS) is 12.0. The molecule has 0 aliphatic carbocycles. The molecular weight excluding hydrogens is 140 g/mol. The smallest absolute Gasteiger partial charge is 0.129 e. The van der Waals surface area contributed by atoms with Crippen LogP contribution in [0.4, 0.5) is 0 Å². The van der Waals surface area contributed by atoms with E-state index >= 15 is 0 Å². The average molecular weight is 156 g/mol. The van der Waals surface area contributed by atoms with Gasteiger partial charge in [-0.1, -0.05) is 12.2 Å². The lowest BCUT2D eigenvalue weighted by molar-refractivity contribution is -0.310. The Morgan fingerprint density at radius 2 is 1.91 bits per heavy atom. The topological polar surface area (TPSA) is 18.5 Å². The van der Waals surface area contributed by atoms with E-state index < -0.39 is 0 Å². The van der Waals surface area contributed by atoms with Gasteiger partial charge in [-0.25, -0.2) is 0 Å². The van der Waals surface area contributed by atoms with Crippen molar-refractivity contribution in [3.8, 4) is 0 Å². The summed E-state index contributed by atoms with van der Waals surface area (Å²) in [4.78, 5) is 9.72. The fourth-order valence-corrected chi connectivity index (χ4v) is 0.316. The molecule has 0 aromatic heterocycles. The number of allylic oxidation sites excluding steroid dienone is 2. The molecule has 0 aliphatic heterocycles. The zero-order chi connectivity index (χ0) is 8.91. The van der Waals surface area contributed by atoms with Crippen molar-refractivity contribution in [3.05, 3.63) is 24.5 Å². The van der Waals surface area contributed by atoms with Crippen molar-refractivity contribution in [3.63, 3.8) is 0 Å². The molecule has 11 heavy (non-hydrogen) atoms. The van der Waals surface area contributed by atoms with Gasteiger partial charge in [0.05, 0.1) is 0 Å². The third-order valence-electron chi connectivity index (χ3n) is 0.706. The Morgan fingerprint density at radius 3 is 2.27 bits per heavy atom. The van der Waals surface area contributed by atoms with Crippen molar-refractivity contribution in [1.82, 2.24) is 0 Å². The number of rotatable bonds is 3. The van der Waals surface area contributed by atoms with E-state index in [4.69, 9.17) is 9.78 Å². The molecule has 2 heteroatoms. The Balaban J connectivity index is 3.50. The molecule has 0 N–H and O–H groups in total. The monoisotopic (exact) mass is 156 g/mol. The Kier molecular flexibility index (Phi) is 3.90. The average Bonchev–Trinajstić information content (AvgIpc) is 1.78. The molecule has 0 fully saturated rings. The van der Waals surface area contributed by atoms with Gasteiger partial charge in [0.1, 0.15) is 11.9 Å². The van der Waals surface area contributed by atoms with Crippen LogP contribution in [0.5, 0.6) is 0 Å². The summed E-state index contributed by atoms with van der Waals surface area (Å²) >= 11 is 0. The molecule has 0 heterocycles. The first kappa shape index (κ1) is 10.2. The Hall–Kier alpha value is -0.760. The van der Waals surface area contributed by atoms with Gasteiger partial charge < -0.3 is 4.89 Å². The van der Waals surface area contributed by atoms with Crippen LogP contribution in [0.2, 0.25) is 0 Å². The first-order valence-electron chi connectivity index (χ1n) is 3.58. The van der Waals surface area contributed by atoms with Crippen LogP contribution in [0.25, 0.3) is 0 Å². The summed E-state index contributed by atoms with van der Waals surface area (Å²) in [7, 11) is 0. The summed E-state index contributed by atoms with van der Waals surface area (Å²) in [5, 5.41) is 0. The van der Waals surface area contributed by atoms with Crippen LogP contribution in [0.15, 0.2) is 24.5 Å². The fourth-order valence-electron chi connectivity index (χ4n) is 0.316. The summed E-state index contributed by atoms with van der Waals surface area (Å²) in [5.41, 5.74) is 0.668. The minimum Gasteiger partial charge on any atom is -0.345 e. The maximum atomic E-state index is 4.95. The molecule has 0 saturated carbocycles. The summed E-state index contributed by atoms with van der Waals surface area (Å²) in [6, 6.07) is 0. The van der Waals surface area contributed by atoms with Crippen LogP contribution in [0, 0.1) is 0 Å². The summed E-state index contributed by atoms with van der Waals surface area (Å²) in [6.07, 6.45) is 3.22. The highest BCUT2D eigenvalue weighted by Gasteiger charge is 2.10. The second-order valence-electron chi connectivity index (χ2n) is 3.44. The lowest BCUT2D eigenvalue weighted by Gasteiger charge is -2.15. The molecule has 2 nitrogen and oxygen atoms in total. The lowest BCUT2D eigenvalue weighted by Crippen LogP contribution is -2.17. The van der Waals surface area contributed by atoms with Crippen LogP contribution in [0.1, 0.15) is 27.7 Å². The van der Waals surface area contributed by atoms with Crippen LogP contribution >= 0.6 is 0 Å². The predicted molar refractivity (Wildman–Crippen MR) is 45.9 cm³/mol. The van der Waals surface area contributed by atoms with Crippen molar-refractivity contribution in [2.24, 2.45) is 0 Å². The van der Waals surface area contributed by atoms with E-state index in [1.165, 1.54) is 6.26 Å². The van der Waals surface area contributed by atoms with E-state index in [2.05, 4.69) is 6.58 Å². The third-order valence-corrected chi connectivity index (χ3v) is 0.706. The lowest BCUT2D eigenvalue weighted by atomic mass is 10.2. The molecule has 0 rings (SSSR count). The van der Waals surface area contributed by atoms with E-state index in [1.807, 2.05) is 27.7 Å². The van der Waals surface area contributed by atoms with Crippen LogP contribution < -0.4 is 0 Å². The first-order chi connectivity index (χ1) is 4.92. The second-order valence-corrected chi connectivity index (χ2v) is 3.44. The molecule has 0 aromatic carbocycles. The molecule has 0 unspecified atom stereocenters. The van der Waals surface area contributed by atoms with Crippen LogP contribution in [-0.4, -0.2) is 5.60 Å². The minimum atomic E-state index is -0.264. The van der Waals surface area contributed by atoms with Gasteiger partial charge in [0.2, 0.25) is 0 Å². The SMILES string of the molecule is C=C(C)C=COOC(C)(C)C. The van der Waals surface area contributed by atoms with Gasteiger partial charge in [0.15, 0.2) is 0 Å². The van der Waals surface area contributed by atoms with E-state index in [0.717, 1.165) is 5.57 Å². The highest BCUT2D eigenvalue weighted by molar-refractivity contribution is 5.08. The molecule has 0 atom stereocenters. The van der Waals surface area contributed by atoms with Crippen molar-refractivity contribution in [2.45, 2.75) is 33.3 Å². The van der Waals surface area contributed by atoms with Gasteiger partial charge in [-0.3, -0.25) is 0 Å². The Morgan fingerprint density at radius 1 is 1.36 bits per heavy atom. The fraction of sp³-hybridized carbons (Fsp3) is 0.556. The summed E-state index contributed by atoms with van der Waals surface area (Å²) < 4.78 is 0. The largest absolute Gasteiger partial charge is 0.345 e. The summed E-state index contributed by atoms with van der Waals surface area (Å²) in [5.74, 6) is 0. The van der Waals surface area contributed by atoms with Gasteiger partial charge in [0, 0.05) is 0 Å². The first-order valence-corrected chi connectivity index (χ1v) is 3.58. The zero-order valence-electron chi connectivity index (χ0n) is 7.68. The van der Waals surface area contributed by atoms with E-state index in [0.29, 0.717) is 0 Å². The Labute approximate surface area is 68.4 Å².